The lowest BCUT2D eigenvalue weighted by molar-refractivity contribution is 1.13. The first kappa shape index (κ1) is 16.7. The smallest absolute Gasteiger partial charge is 0.0547 e. The Morgan fingerprint density at radius 1 is 0.484 bits per heavy atom. The highest BCUT2D eigenvalue weighted by atomic mass is 15.0. The van der Waals surface area contributed by atoms with Crippen molar-refractivity contribution >= 4 is 21.7 Å². The molecular formula is C30H19N. The van der Waals surface area contributed by atoms with Gasteiger partial charge in [-0.1, -0.05) is 91.0 Å². The molecule has 0 N–H and O–H groups in total. The largest absolute Gasteiger partial charge is 0.316 e. The highest BCUT2D eigenvalue weighted by molar-refractivity contribution is 6.21. The molecule has 0 saturated heterocycles. The second-order valence-electron chi connectivity index (χ2n) is 8.21. The van der Waals surface area contributed by atoms with E-state index in [0.29, 0.717) is 0 Å². The maximum absolute atomic E-state index is 2.35. The number of fused-ring (bicyclic) bond motifs is 7. The van der Waals surface area contributed by atoms with Crippen molar-refractivity contribution in [3.05, 3.63) is 115 Å². The van der Waals surface area contributed by atoms with Crippen LogP contribution in [0.5, 0.6) is 0 Å². The van der Waals surface area contributed by atoms with Gasteiger partial charge in [0, 0.05) is 28.4 Å². The zero-order valence-corrected chi connectivity index (χ0v) is 16.9. The minimum atomic E-state index is 1.19. The third kappa shape index (κ3) is 2.26. The van der Waals surface area contributed by atoms with E-state index in [-0.39, 0.29) is 0 Å². The summed E-state index contributed by atoms with van der Waals surface area (Å²) in [7, 11) is 0. The van der Waals surface area contributed by atoms with Gasteiger partial charge in [-0.05, 0) is 51.2 Å². The van der Waals surface area contributed by atoms with E-state index in [2.05, 4.69) is 120 Å². The average molecular weight is 393 g/mol. The summed E-state index contributed by atoms with van der Waals surface area (Å²) in [5, 5.41) is 3.91. The SMILES string of the molecule is c1ccc(-n2cc3c4c(c5ccccc5cc42)-c2ccccc2-c2ccccc2-3)cc1. The van der Waals surface area contributed by atoms with Gasteiger partial charge in [-0.2, -0.15) is 0 Å². The van der Waals surface area contributed by atoms with Gasteiger partial charge < -0.3 is 4.57 Å². The molecule has 1 heteroatoms. The molecule has 0 saturated carbocycles. The Bertz CT molecular complexity index is 1620. The van der Waals surface area contributed by atoms with Gasteiger partial charge in [0.05, 0.1) is 5.52 Å². The summed E-state index contributed by atoms with van der Waals surface area (Å²) < 4.78 is 2.35. The molecular weight excluding hydrogens is 374 g/mol. The van der Waals surface area contributed by atoms with Crippen LogP contribution < -0.4 is 0 Å². The molecule has 0 spiro atoms. The lowest BCUT2D eigenvalue weighted by Gasteiger charge is -2.14. The average Bonchev–Trinajstić information content (AvgIpc) is 3.16. The van der Waals surface area contributed by atoms with Crippen molar-refractivity contribution in [2.75, 3.05) is 0 Å². The van der Waals surface area contributed by atoms with Crippen LogP contribution in [-0.4, -0.2) is 4.57 Å². The Balaban J connectivity index is 1.77. The molecule has 1 nitrogen and oxygen atoms in total. The second-order valence-corrected chi connectivity index (χ2v) is 8.21. The van der Waals surface area contributed by atoms with Crippen LogP contribution in [-0.2, 0) is 0 Å². The number of rotatable bonds is 1. The van der Waals surface area contributed by atoms with Crippen molar-refractivity contribution in [2.24, 2.45) is 0 Å². The van der Waals surface area contributed by atoms with E-state index in [1.807, 2.05) is 0 Å². The topological polar surface area (TPSA) is 4.93 Å². The van der Waals surface area contributed by atoms with Crippen LogP contribution in [0.3, 0.4) is 0 Å². The molecule has 0 bridgehead atoms. The van der Waals surface area contributed by atoms with Crippen molar-refractivity contribution in [2.45, 2.75) is 0 Å². The normalized spacial score (nSPS) is 11.9. The Labute approximate surface area is 180 Å². The molecule has 6 aromatic rings. The third-order valence-corrected chi connectivity index (χ3v) is 6.55. The second kappa shape index (κ2) is 6.20. The molecule has 1 aromatic heterocycles. The minimum absolute atomic E-state index is 1.19. The maximum atomic E-state index is 2.35. The van der Waals surface area contributed by atoms with Gasteiger partial charge in [0.1, 0.15) is 0 Å². The molecule has 0 atom stereocenters. The molecule has 1 aliphatic rings. The molecule has 31 heavy (non-hydrogen) atoms. The van der Waals surface area contributed by atoms with E-state index in [0.717, 1.165) is 0 Å². The van der Waals surface area contributed by atoms with Crippen molar-refractivity contribution in [3.8, 4) is 39.1 Å². The van der Waals surface area contributed by atoms with Gasteiger partial charge in [0.15, 0.2) is 0 Å². The summed E-state index contributed by atoms with van der Waals surface area (Å²) in [6.07, 6.45) is 2.33. The Morgan fingerprint density at radius 3 is 1.84 bits per heavy atom. The van der Waals surface area contributed by atoms with Crippen molar-refractivity contribution in [1.29, 1.82) is 0 Å². The van der Waals surface area contributed by atoms with Crippen LogP contribution >= 0.6 is 0 Å². The molecule has 5 aromatic carbocycles. The molecule has 0 amide bonds. The van der Waals surface area contributed by atoms with Crippen LogP contribution in [0.25, 0.3) is 60.7 Å². The zero-order valence-electron chi connectivity index (χ0n) is 16.9. The van der Waals surface area contributed by atoms with Crippen LogP contribution in [0.1, 0.15) is 0 Å². The molecule has 1 heterocycles. The fourth-order valence-corrected chi connectivity index (χ4v) is 5.23. The van der Waals surface area contributed by atoms with Crippen LogP contribution in [0.15, 0.2) is 115 Å². The lowest BCUT2D eigenvalue weighted by Crippen LogP contribution is -1.93. The van der Waals surface area contributed by atoms with E-state index < -0.39 is 0 Å². The predicted molar refractivity (Wildman–Crippen MR) is 131 cm³/mol. The number of aromatic nitrogens is 1. The number of benzene rings is 5. The van der Waals surface area contributed by atoms with Crippen LogP contribution in [0.2, 0.25) is 0 Å². The van der Waals surface area contributed by atoms with Crippen LogP contribution in [0.4, 0.5) is 0 Å². The van der Waals surface area contributed by atoms with Crippen LogP contribution in [0, 0.1) is 0 Å². The van der Waals surface area contributed by atoms with Crippen molar-refractivity contribution < 1.29 is 0 Å². The molecule has 1 aliphatic carbocycles. The van der Waals surface area contributed by atoms with Crippen molar-refractivity contribution in [3.63, 3.8) is 0 Å². The van der Waals surface area contributed by atoms with E-state index in [4.69, 9.17) is 0 Å². The monoisotopic (exact) mass is 393 g/mol. The first-order valence-corrected chi connectivity index (χ1v) is 10.7. The number of para-hydroxylation sites is 1. The summed E-state index contributed by atoms with van der Waals surface area (Å²) >= 11 is 0. The molecule has 144 valence electrons. The molecule has 0 radical (unpaired) electrons. The predicted octanol–water partition coefficient (Wildman–Crippen LogP) is 8.10. The minimum Gasteiger partial charge on any atom is -0.316 e. The van der Waals surface area contributed by atoms with E-state index in [9.17, 15) is 0 Å². The molecule has 0 unspecified atom stereocenters. The summed E-state index contributed by atoms with van der Waals surface area (Å²) in [4.78, 5) is 0. The number of hydrogen-bond acceptors (Lipinski definition) is 0. The zero-order chi connectivity index (χ0) is 20.4. The lowest BCUT2D eigenvalue weighted by atomic mass is 9.91. The number of nitrogens with zero attached hydrogens (tertiary/aromatic N) is 1. The van der Waals surface area contributed by atoms with Gasteiger partial charge in [-0.25, -0.2) is 0 Å². The summed E-state index contributed by atoms with van der Waals surface area (Å²) in [6.45, 7) is 0. The maximum Gasteiger partial charge on any atom is 0.0547 e. The first-order valence-electron chi connectivity index (χ1n) is 10.7. The summed E-state index contributed by atoms with van der Waals surface area (Å²) in [5.74, 6) is 0. The van der Waals surface area contributed by atoms with Gasteiger partial charge in [0.25, 0.3) is 0 Å². The quantitative estimate of drug-likeness (QED) is 0.265. The Kier molecular flexibility index (Phi) is 3.33. The highest BCUT2D eigenvalue weighted by Gasteiger charge is 2.25. The standard InChI is InChI=1S/C30H19N/c1-2-11-21(12-3-1)31-19-27-25-16-7-6-14-23(25)24-15-8-9-17-26(24)29-22-13-5-4-10-20(22)18-28(31)30(27)29/h1-19H. The third-order valence-electron chi connectivity index (χ3n) is 6.55. The number of hydrogen-bond donors (Lipinski definition) is 0. The Morgan fingerprint density at radius 2 is 1.06 bits per heavy atom. The summed E-state index contributed by atoms with van der Waals surface area (Å²) in [5.41, 5.74) is 10.3. The molecule has 0 aliphatic heterocycles. The Hall–Kier alpha value is -4.10. The van der Waals surface area contributed by atoms with E-state index in [1.54, 1.807) is 0 Å². The van der Waals surface area contributed by atoms with E-state index >= 15 is 0 Å². The van der Waals surface area contributed by atoms with E-state index in [1.165, 1.54) is 60.7 Å². The summed E-state index contributed by atoms with van der Waals surface area (Å²) in [6, 6.07) is 39.5. The van der Waals surface area contributed by atoms with Gasteiger partial charge in [0.2, 0.25) is 0 Å². The highest BCUT2D eigenvalue weighted by Crippen LogP contribution is 2.50. The fourth-order valence-electron chi connectivity index (χ4n) is 5.23. The fraction of sp³-hybridized carbons (Fsp3) is 0. The van der Waals surface area contributed by atoms with Gasteiger partial charge in [-0.3, -0.25) is 0 Å². The van der Waals surface area contributed by atoms with Crippen molar-refractivity contribution in [1.82, 2.24) is 4.57 Å². The molecule has 7 rings (SSSR count). The van der Waals surface area contributed by atoms with Gasteiger partial charge >= 0.3 is 0 Å². The molecule has 0 fully saturated rings. The first-order chi connectivity index (χ1) is 15.4. The van der Waals surface area contributed by atoms with Gasteiger partial charge in [-0.15, -0.1) is 0 Å².